The fourth-order valence-electron chi connectivity index (χ4n) is 3.03. The van der Waals surface area contributed by atoms with E-state index in [4.69, 9.17) is 33.7 Å². The van der Waals surface area contributed by atoms with Crippen LogP contribution in [-0.2, 0) is 16.0 Å². The quantitative estimate of drug-likeness (QED) is 0.172. The number of carbonyl (C=O) groups excluding carboxylic acids is 1. The van der Waals surface area contributed by atoms with Gasteiger partial charge in [-0.2, -0.15) is 0 Å². The molecule has 0 aliphatic rings. The first-order chi connectivity index (χ1) is 14.9. The predicted octanol–water partition coefficient (Wildman–Crippen LogP) is 5.06. The van der Waals surface area contributed by atoms with Gasteiger partial charge in [0.15, 0.2) is 0 Å². The van der Waals surface area contributed by atoms with Crippen molar-refractivity contribution in [1.82, 2.24) is 5.32 Å². The average molecular weight is 506 g/mol. The number of ether oxygens (including phenoxy) is 1. The lowest BCUT2D eigenvalue weighted by molar-refractivity contribution is -0.143. The van der Waals surface area contributed by atoms with Gasteiger partial charge in [-0.1, -0.05) is 48.2 Å². The number of unbranched alkanes of at least 4 members (excludes halogenated alkanes) is 3. The Morgan fingerprint density at radius 1 is 1.06 bits per heavy atom. The van der Waals surface area contributed by atoms with Crippen molar-refractivity contribution < 1.29 is 19.7 Å². The molecule has 0 amide bonds. The van der Waals surface area contributed by atoms with Crippen LogP contribution < -0.4 is 11.1 Å². The summed E-state index contributed by atoms with van der Waals surface area (Å²) in [7, 11) is 0. The summed E-state index contributed by atoms with van der Waals surface area (Å²) in [6, 6.07) is 10.1. The summed E-state index contributed by atoms with van der Waals surface area (Å²) in [6.45, 7) is 1.61. The summed E-state index contributed by atoms with van der Waals surface area (Å²) in [6.07, 6.45) is 4.00. The zero-order valence-electron chi connectivity index (χ0n) is 17.9. The third-order valence-electron chi connectivity index (χ3n) is 4.89. The largest absolute Gasteiger partial charge is 0.508 e. The number of hydrogen-bond donors (Lipinski definition) is 4. The van der Waals surface area contributed by atoms with Gasteiger partial charge < -0.3 is 26.0 Å². The Balaban J connectivity index is 0.00000512. The van der Waals surface area contributed by atoms with Crippen LogP contribution in [0.5, 0.6) is 5.75 Å². The molecule has 32 heavy (non-hydrogen) atoms. The van der Waals surface area contributed by atoms with Gasteiger partial charge in [0, 0.05) is 13.0 Å². The highest BCUT2D eigenvalue weighted by molar-refractivity contribution is 6.38. The Labute approximate surface area is 205 Å². The van der Waals surface area contributed by atoms with Crippen LogP contribution in [0, 0.1) is 0 Å². The predicted molar refractivity (Wildman–Crippen MR) is 132 cm³/mol. The molecule has 0 spiro atoms. The number of aryl methyl sites for hydroxylation is 1. The van der Waals surface area contributed by atoms with Crippen LogP contribution >= 0.6 is 35.6 Å². The standard InChI is InChI=1S/C23H30Cl2N2O4.ClH/c24-19-13-17(14-20(25)23(19)26)21(29)15-27-11-3-1-2-4-12-31-22(30)10-7-16-5-8-18(28)9-6-16;/h5-6,8-9,13-14,21,27-29H,1-4,7,10-12,15,26H2;1H. The lowest BCUT2D eigenvalue weighted by atomic mass is 10.1. The molecule has 5 N–H and O–H groups in total. The molecule has 0 saturated heterocycles. The number of aromatic hydroxyl groups is 1. The number of nitrogens with one attached hydrogen (secondary N) is 1. The van der Waals surface area contributed by atoms with E-state index in [0.717, 1.165) is 37.8 Å². The Bertz CT molecular complexity index is 811. The van der Waals surface area contributed by atoms with E-state index in [9.17, 15) is 15.0 Å². The number of hydrogen-bond acceptors (Lipinski definition) is 6. The Morgan fingerprint density at radius 2 is 1.69 bits per heavy atom. The van der Waals surface area contributed by atoms with Crippen LogP contribution in [0.1, 0.15) is 49.3 Å². The van der Waals surface area contributed by atoms with Crippen LogP contribution in [0.3, 0.4) is 0 Å². The molecule has 0 fully saturated rings. The first-order valence-corrected chi connectivity index (χ1v) is 11.2. The smallest absolute Gasteiger partial charge is 0.306 e. The van der Waals surface area contributed by atoms with Gasteiger partial charge in [-0.25, -0.2) is 0 Å². The summed E-state index contributed by atoms with van der Waals surface area (Å²) in [5, 5.41) is 23.4. The van der Waals surface area contributed by atoms with Gasteiger partial charge in [-0.05, 0) is 61.2 Å². The van der Waals surface area contributed by atoms with E-state index in [0.29, 0.717) is 47.3 Å². The van der Waals surface area contributed by atoms with Crippen LogP contribution in [0.15, 0.2) is 36.4 Å². The van der Waals surface area contributed by atoms with E-state index >= 15 is 0 Å². The third kappa shape index (κ3) is 10.3. The summed E-state index contributed by atoms with van der Waals surface area (Å²) in [4.78, 5) is 11.8. The fraction of sp³-hybridized carbons (Fsp3) is 0.435. The van der Waals surface area contributed by atoms with Crippen LogP contribution in [0.25, 0.3) is 0 Å². The van der Waals surface area contributed by atoms with Gasteiger partial charge in [0.1, 0.15) is 5.75 Å². The molecule has 9 heteroatoms. The fourth-order valence-corrected chi connectivity index (χ4v) is 3.53. The maximum absolute atomic E-state index is 11.8. The van der Waals surface area contributed by atoms with E-state index in [1.807, 2.05) is 0 Å². The maximum Gasteiger partial charge on any atom is 0.306 e. The number of rotatable bonds is 13. The number of esters is 1. The van der Waals surface area contributed by atoms with E-state index in [1.54, 1.807) is 36.4 Å². The topological polar surface area (TPSA) is 105 Å². The molecule has 0 aliphatic heterocycles. The first-order valence-electron chi connectivity index (χ1n) is 10.4. The molecular weight excluding hydrogens is 475 g/mol. The number of nitrogens with two attached hydrogens (primary N) is 1. The van der Waals surface area contributed by atoms with Crippen LogP contribution in [-0.4, -0.2) is 35.9 Å². The Hall–Kier alpha value is -1.70. The highest BCUT2D eigenvalue weighted by atomic mass is 35.5. The number of benzene rings is 2. The zero-order chi connectivity index (χ0) is 22.6. The molecule has 2 aromatic carbocycles. The highest BCUT2D eigenvalue weighted by Crippen LogP contribution is 2.31. The molecule has 0 bridgehead atoms. The second kappa shape index (κ2) is 15.2. The molecule has 0 heterocycles. The number of nitrogen functional groups attached to an aromatic ring is 1. The summed E-state index contributed by atoms with van der Waals surface area (Å²) < 4.78 is 5.26. The summed E-state index contributed by atoms with van der Waals surface area (Å²) in [5.74, 6) is 0.0148. The molecule has 1 atom stereocenters. The first kappa shape index (κ1) is 28.3. The molecule has 0 aliphatic carbocycles. The van der Waals surface area contributed by atoms with E-state index in [2.05, 4.69) is 5.32 Å². The van der Waals surface area contributed by atoms with Crippen molar-refractivity contribution in [2.24, 2.45) is 0 Å². The van der Waals surface area contributed by atoms with Gasteiger partial charge in [0.05, 0.1) is 28.4 Å². The number of anilines is 1. The minimum atomic E-state index is -0.711. The molecule has 178 valence electrons. The number of phenolic OH excluding ortho intramolecular Hbond substituents is 1. The van der Waals surface area contributed by atoms with Gasteiger partial charge >= 0.3 is 5.97 Å². The normalized spacial score (nSPS) is 11.6. The monoisotopic (exact) mass is 504 g/mol. The molecule has 6 nitrogen and oxygen atoms in total. The molecule has 2 aromatic rings. The molecule has 0 aromatic heterocycles. The Morgan fingerprint density at radius 3 is 2.34 bits per heavy atom. The van der Waals surface area contributed by atoms with Gasteiger partial charge in [0.25, 0.3) is 0 Å². The molecule has 1 unspecified atom stereocenters. The summed E-state index contributed by atoms with van der Waals surface area (Å²) in [5.41, 5.74) is 7.64. The second-order valence-electron chi connectivity index (χ2n) is 7.42. The van der Waals surface area contributed by atoms with Crippen molar-refractivity contribution >= 4 is 47.3 Å². The number of aliphatic hydroxyl groups excluding tert-OH is 1. The van der Waals surface area contributed by atoms with Crippen molar-refractivity contribution in [3.63, 3.8) is 0 Å². The van der Waals surface area contributed by atoms with Crippen molar-refractivity contribution in [2.45, 2.75) is 44.6 Å². The SMILES string of the molecule is Cl.Nc1c(Cl)cc(C(O)CNCCCCCCOC(=O)CCc2ccc(O)cc2)cc1Cl. The number of carbonyl (C=O) groups is 1. The molecule has 2 rings (SSSR count). The van der Waals surface area contributed by atoms with Crippen molar-refractivity contribution in [2.75, 3.05) is 25.4 Å². The van der Waals surface area contributed by atoms with E-state index < -0.39 is 6.10 Å². The Kier molecular flexibility index (Phi) is 13.5. The van der Waals surface area contributed by atoms with E-state index in [-0.39, 0.29) is 24.1 Å². The highest BCUT2D eigenvalue weighted by Gasteiger charge is 2.12. The van der Waals surface area contributed by atoms with E-state index in [1.165, 1.54) is 0 Å². The van der Waals surface area contributed by atoms with Crippen molar-refractivity contribution in [3.05, 3.63) is 57.6 Å². The minimum Gasteiger partial charge on any atom is -0.508 e. The number of halogens is 3. The van der Waals surface area contributed by atoms with Gasteiger partial charge in [-0.3, -0.25) is 4.79 Å². The lowest BCUT2D eigenvalue weighted by Crippen LogP contribution is -2.22. The second-order valence-corrected chi connectivity index (χ2v) is 8.23. The average Bonchev–Trinajstić information content (AvgIpc) is 2.75. The van der Waals surface area contributed by atoms with Gasteiger partial charge in [0.2, 0.25) is 0 Å². The maximum atomic E-state index is 11.8. The molecular formula is C23H31Cl3N2O4. The number of aliphatic hydroxyl groups is 1. The third-order valence-corrected chi connectivity index (χ3v) is 5.51. The van der Waals surface area contributed by atoms with Crippen LogP contribution in [0.2, 0.25) is 10.0 Å². The molecule has 0 radical (unpaired) electrons. The molecule has 0 saturated carbocycles. The van der Waals surface area contributed by atoms with Gasteiger partial charge in [-0.15, -0.1) is 12.4 Å². The minimum absolute atomic E-state index is 0. The lowest BCUT2D eigenvalue weighted by Gasteiger charge is -2.14. The summed E-state index contributed by atoms with van der Waals surface area (Å²) >= 11 is 12.0. The van der Waals surface area contributed by atoms with Crippen molar-refractivity contribution in [1.29, 1.82) is 0 Å². The number of phenols is 1. The van der Waals surface area contributed by atoms with Crippen molar-refractivity contribution in [3.8, 4) is 5.75 Å². The zero-order valence-corrected chi connectivity index (χ0v) is 20.2. The van der Waals surface area contributed by atoms with Crippen LogP contribution in [0.4, 0.5) is 5.69 Å².